The van der Waals surface area contributed by atoms with Crippen LogP contribution in [0.4, 0.5) is 5.00 Å². The Labute approximate surface area is 103 Å². The number of hydrogen-bond donors (Lipinski definition) is 2. The number of thiophene rings is 1. The van der Waals surface area contributed by atoms with E-state index in [9.17, 15) is 9.59 Å². The number of rotatable bonds is 2. The maximum atomic E-state index is 11.8. The van der Waals surface area contributed by atoms with Gasteiger partial charge in [-0.15, -0.1) is 11.3 Å². The standard InChI is InChI=1S/C11H15NO4S/c1-5-6(9(13)14)8(12)17-7(5)10(15)16-11(2,3)4/h12H2,1-4H3,(H,13,14). The van der Waals surface area contributed by atoms with Crippen molar-refractivity contribution >= 4 is 28.3 Å². The van der Waals surface area contributed by atoms with Crippen molar-refractivity contribution in [2.75, 3.05) is 5.73 Å². The first-order chi connectivity index (χ1) is 7.63. The monoisotopic (exact) mass is 257 g/mol. The van der Waals surface area contributed by atoms with Crippen LogP contribution in [-0.2, 0) is 4.74 Å². The third-order valence-electron chi connectivity index (χ3n) is 1.97. The molecule has 0 aliphatic carbocycles. The molecule has 1 aromatic heterocycles. The summed E-state index contributed by atoms with van der Waals surface area (Å²) < 4.78 is 5.18. The first kappa shape index (κ1) is 13.5. The zero-order valence-electron chi connectivity index (χ0n) is 10.2. The smallest absolute Gasteiger partial charge is 0.349 e. The Balaban J connectivity index is 3.13. The fourth-order valence-corrected chi connectivity index (χ4v) is 2.26. The SMILES string of the molecule is Cc1c(C(=O)OC(C)(C)C)sc(N)c1C(=O)O. The van der Waals surface area contributed by atoms with E-state index in [1.807, 2.05) is 0 Å². The zero-order chi connectivity index (χ0) is 13.4. The second-order valence-electron chi connectivity index (χ2n) is 4.60. The largest absolute Gasteiger partial charge is 0.478 e. The molecule has 17 heavy (non-hydrogen) atoms. The molecule has 0 bridgehead atoms. The predicted octanol–water partition coefficient (Wildman–Crippen LogP) is 2.29. The van der Waals surface area contributed by atoms with Crippen LogP contribution in [0.5, 0.6) is 0 Å². The third kappa shape index (κ3) is 2.97. The molecule has 0 aromatic carbocycles. The minimum atomic E-state index is -1.13. The van der Waals surface area contributed by atoms with Crippen molar-refractivity contribution in [3.05, 3.63) is 16.0 Å². The highest BCUT2D eigenvalue weighted by Gasteiger charge is 2.26. The van der Waals surface area contributed by atoms with E-state index in [2.05, 4.69) is 0 Å². The van der Waals surface area contributed by atoms with Gasteiger partial charge in [0.25, 0.3) is 0 Å². The summed E-state index contributed by atoms with van der Waals surface area (Å²) in [5.74, 6) is -1.68. The van der Waals surface area contributed by atoms with Gasteiger partial charge in [0.05, 0.1) is 5.56 Å². The van der Waals surface area contributed by atoms with Crippen molar-refractivity contribution in [3.8, 4) is 0 Å². The van der Waals surface area contributed by atoms with E-state index in [4.69, 9.17) is 15.6 Å². The molecule has 0 fully saturated rings. The molecule has 1 rings (SSSR count). The van der Waals surface area contributed by atoms with Gasteiger partial charge < -0.3 is 15.6 Å². The van der Waals surface area contributed by atoms with E-state index < -0.39 is 17.5 Å². The van der Waals surface area contributed by atoms with Crippen LogP contribution in [-0.4, -0.2) is 22.6 Å². The van der Waals surface area contributed by atoms with Crippen LogP contribution in [0, 0.1) is 6.92 Å². The van der Waals surface area contributed by atoms with Crippen LogP contribution >= 0.6 is 11.3 Å². The second kappa shape index (κ2) is 4.37. The summed E-state index contributed by atoms with van der Waals surface area (Å²) >= 11 is 0.941. The Morgan fingerprint density at radius 1 is 1.35 bits per heavy atom. The maximum Gasteiger partial charge on any atom is 0.349 e. The van der Waals surface area contributed by atoms with Gasteiger partial charge in [-0.1, -0.05) is 0 Å². The summed E-state index contributed by atoms with van der Waals surface area (Å²) in [4.78, 5) is 23.0. The molecule has 0 saturated heterocycles. The number of carboxylic acid groups (broad SMARTS) is 1. The van der Waals surface area contributed by atoms with E-state index >= 15 is 0 Å². The lowest BCUT2D eigenvalue weighted by atomic mass is 10.1. The number of carbonyl (C=O) groups excluding carboxylic acids is 1. The molecule has 6 heteroatoms. The summed E-state index contributed by atoms with van der Waals surface area (Å²) in [5, 5.41) is 9.07. The lowest BCUT2D eigenvalue weighted by Gasteiger charge is -2.19. The van der Waals surface area contributed by atoms with Gasteiger partial charge >= 0.3 is 11.9 Å². The minimum absolute atomic E-state index is 0.0177. The Kier molecular flexibility index (Phi) is 3.47. The quantitative estimate of drug-likeness (QED) is 0.793. The van der Waals surface area contributed by atoms with Crippen molar-refractivity contribution in [3.63, 3.8) is 0 Å². The molecule has 0 aliphatic heterocycles. The summed E-state index contributed by atoms with van der Waals surface area (Å²) in [6.45, 7) is 6.79. The van der Waals surface area contributed by atoms with Gasteiger partial charge in [-0.05, 0) is 33.3 Å². The molecule has 0 aliphatic rings. The Hall–Kier alpha value is -1.56. The van der Waals surface area contributed by atoms with E-state index in [-0.39, 0.29) is 15.4 Å². The summed E-state index contributed by atoms with van der Waals surface area (Å²) in [6.07, 6.45) is 0. The van der Waals surface area contributed by atoms with Crippen molar-refractivity contribution in [2.45, 2.75) is 33.3 Å². The number of carbonyl (C=O) groups is 2. The average Bonchev–Trinajstić information content (AvgIpc) is 2.38. The number of nitrogen functional groups attached to an aromatic ring is 1. The van der Waals surface area contributed by atoms with E-state index in [1.54, 1.807) is 27.7 Å². The number of esters is 1. The molecule has 0 amide bonds. The molecular formula is C11H15NO4S. The van der Waals surface area contributed by atoms with Crippen LogP contribution in [0.1, 0.15) is 46.4 Å². The van der Waals surface area contributed by atoms with Gasteiger partial charge in [0.2, 0.25) is 0 Å². The van der Waals surface area contributed by atoms with Gasteiger partial charge in [-0.25, -0.2) is 9.59 Å². The van der Waals surface area contributed by atoms with Crippen LogP contribution in [0.15, 0.2) is 0 Å². The number of anilines is 1. The number of aromatic carboxylic acids is 1. The van der Waals surface area contributed by atoms with Gasteiger partial charge in [-0.3, -0.25) is 0 Å². The predicted molar refractivity (Wildman–Crippen MR) is 65.6 cm³/mol. The zero-order valence-corrected chi connectivity index (χ0v) is 11.0. The molecule has 5 nitrogen and oxygen atoms in total. The van der Waals surface area contributed by atoms with Crippen molar-refractivity contribution in [1.82, 2.24) is 0 Å². The van der Waals surface area contributed by atoms with Crippen LogP contribution in [0.2, 0.25) is 0 Å². The van der Waals surface area contributed by atoms with Crippen molar-refractivity contribution in [2.24, 2.45) is 0 Å². The molecule has 0 unspecified atom stereocenters. The minimum Gasteiger partial charge on any atom is -0.478 e. The van der Waals surface area contributed by atoms with Crippen molar-refractivity contribution in [1.29, 1.82) is 0 Å². The van der Waals surface area contributed by atoms with Crippen LogP contribution in [0.3, 0.4) is 0 Å². The van der Waals surface area contributed by atoms with Crippen molar-refractivity contribution < 1.29 is 19.4 Å². The number of ether oxygens (including phenoxy) is 1. The topological polar surface area (TPSA) is 89.6 Å². The molecule has 1 heterocycles. The van der Waals surface area contributed by atoms with Gasteiger partial charge in [-0.2, -0.15) is 0 Å². The summed E-state index contributed by atoms with van der Waals surface area (Å²) in [6, 6.07) is 0. The number of hydrogen-bond acceptors (Lipinski definition) is 5. The fourth-order valence-electron chi connectivity index (χ4n) is 1.32. The Morgan fingerprint density at radius 3 is 2.24 bits per heavy atom. The molecular weight excluding hydrogens is 242 g/mol. The average molecular weight is 257 g/mol. The molecule has 0 atom stereocenters. The highest BCUT2D eigenvalue weighted by Crippen LogP contribution is 2.31. The second-order valence-corrected chi connectivity index (χ2v) is 5.65. The highest BCUT2D eigenvalue weighted by molar-refractivity contribution is 7.18. The van der Waals surface area contributed by atoms with Gasteiger partial charge in [0.1, 0.15) is 15.5 Å². The highest BCUT2D eigenvalue weighted by atomic mass is 32.1. The number of nitrogens with two attached hydrogens (primary N) is 1. The van der Waals surface area contributed by atoms with Crippen LogP contribution in [0.25, 0.3) is 0 Å². The lowest BCUT2D eigenvalue weighted by molar-refractivity contribution is 0.00745. The fraction of sp³-hybridized carbons (Fsp3) is 0.455. The molecule has 0 saturated carbocycles. The van der Waals surface area contributed by atoms with E-state index in [0.717, 1.165) is 11.3 Å². The lowest BCUT2D eigenvalue weighted by Crippen LogP contribution is -2.23. The van der Waals surface area contributed by atoms with Crippen LogP contribution < -0.4 is 5.73 Å². The third-order valence-corrected chi connectivity index (χ3v) is 3.07. The molecule has 0 spiro atoms. The van der Waals surface area contributed by atoms with E-state index in [0.29, 0.717) is 5.56 Å². The molecule has 1 aromatic rings. The summed E-state index contributed by atoms with van der Waals surface area (Å²) in [5.41, 5.74) is 5.29. The normalized spacial score (nSPS) is 11.3. The molecule has 94 valence electrons. The number of carboxylic acids is 1. The first-order valence-corrected chi connectivity index (χ1v) is 5.80. The molecule has 0 radical (unpaired) electrons. The maximum absolute atomic E-state index is 11.8. The Morgan fingerprint density at radius 2 is 1.88 bits per heavy atom. The van der Waals surface area contributed by atoms with Gasteiger partial charge in [0.15, 0.2) is 0 Å². The van der Waals surface area contributed by atoms with E-state index in [1.165, 1.54) is 0 Å². The molecule has 3 N–H and O–H groups in total. The Bertz CT molecular complexity index is 471. The van der Waals surface area contributed by atoms with Gasteiger partial charge in [0, 0.05) is 0 Å². The first-order valence-electron chi connectivity index (χ1n) is 4.99. The summed E-state index contributed by atoms with van der Waals surface area (Å²) in [7, 11) is 0.